The summed E-state index contributed by atoms with van der Waals surface area (Å²) in [6.07, 6.45) is 2.76. The normalized spacial score (nSPS) is 18.0. The number of nitrogens with zero attached hydrogens (tertiary/aromatic N) is 2. The lowest BCUT2D eigenvalue weighted by molar-refractivity contribution is -0.954. The first-order valence-electron chi connectivity index (χ1n) is 5.69. The fourth-order valence-electron chi connectivity index (χ4n) is 2.03. The van der Waals surface area contributed by atoms with Crippen molar-refractivity contribution in [3.8, 4) is 0 Å². The van der Waals surface area contributed by atoms with Crippen LogP contribution in [0.4, 0.5) is 0 Å². The zero-order valence-corrected chi connectivity index (χ0v) is 10.3. The minimum absolute atomic E-state index is 0.721. The molecule has 1 fully saturated rings. The first-order valence-corrected chi connectivity index (χ1v) is 5.69. The van der Waals surface area contributed by atoms with Gasteiger partial charge in [0, 0.05) is 19.4 Å². The van der Waals surface area contributed by atoms with Crippen molar-refractivity contribution in [1.82, 2.24) is 0 Å². The largest absolute Gasteiger partial charge is 0.356 e. The summed E-state index contributed by atoms with van der Waals surface area (Å²) in [6.45, 7) is 11.1. The van der Waals surface area contributed by atoms with Crippen LogP contribution in [0.25, 0.3) is 0 Å². The Morgan fingerprint density at radius 3 is 2.06 bits per heavy atom. The average molecular weight is 234 g/mol. The third-order valence-electron chi connectivity index (χ3n) is 3.10. The molecule has 0 atom stereocenters. The van der Waals surface area contributed by atoms with Gasteiger partial charge in [0.2, 0.25) is 0 Å². The molecule has 0 bridgehead atoms. The Labute approximate surface area is 96.5 Å². The zero-order valence-electron chi connectivity index (χ0n) is 10.3. The molecule has 0 aromatic carbocycles. The van der Waals surface area contributed by atoms with Crippen molar-refractivity contribution < 1.29 is 14.3 Å². The van der Waals surface area contributed by atoms with Gasteiger partial charge in [0.1, 0.15) is 0 Å². The van der Waals surface area contributed by atoms with Crippen LogP contribution in [0.15, 0.2) is 0 Å². The summed E-state index contributed by atoms with van der Waals surface area (Å²) in [7, 11) is 0. The van der Waals surface area contributed by atoms with Crippen LogP contribution in [0.3, 0.4) is 0 Å². The summed E-state index contributed by atoms with van der Waals surface area (Å²) in [4.78, 5) is 8.25. The van der Waals surface area contributed by atoms with Crippen LogP contribution < -0.4 is 0 Å². The van der Waals surface area contributed by atoms with Crippen molar-refractivity contribution in [2.75, 3.05) is 26.4 Å². The Hall–Kier alpha value is -0.880. The van der Waals surface area contributed by atoms with Crippen molar-refractivity contribution in [2.24, 2.45) is 0 Å². The first kappa shape index (κ1) is 15.1. The molecule has 0 spiro atoms. The molecule has 0 radical (unpaired) electrons. The molecule has 6 heteroatoms. The topological polar surface area (TPSA) is 75.4 Å². The molecule has 16 heavy (non-hydrogen) atoms. The fourth-order valence-corrected chi connectivity index (χ4v) is 2.03. The van der Waals surface area contributed by atoms with Gasteiger partial charge in [-0.1, -0.05) is 0 Å². The average Bonchev–Trinajstić information content (AvgIpc) is 2.63. The van der Waals surface area contributed by atoms with Gasteiger partial charge in [0.15, 0.2) is 6.73 Å². The Morgan fingerprint density at radius 1 is 1.31 bits per heavy atom. The number of hydrogen-bond donors (Lipinski definition) is 0. The maximum atomic E-state index is 8.25. The second-order valence-corrected chi connectivity index (χ2v) is 4.31. The van der Waals surface area contributed by atoms with Gasteiger partial charge in [0.05, 0.1) is 24.2 Å². The number of rotatable bonds is 4. The number of quaternary nitrogens is 1. The highest BCUT2D eigenvalue weighted by atomic mass is 16.9. The SMILES string of the molecule is CCOC[N+]1(C(C)C)CCCC1.O=[N+]([O-])[O-]. The van der Waals surface area contributed by atoms with Crippen molar-refractivity contribution >= 4 is 0 Å². The summed E-state index contributed by atoms with van der Waals surface area (Å²) < 4.78 is 6.74. The van der Waals surface area contributed by atoms with Crippen LogP contribution in [0.2, 0.25) is 0 Å². The molecule has 0 unspecified atom stereocenters. The van der Waals surface area contributed by atoms with E-state index in [4.69, 9.17) is 20.1 Å². The summed E-state index contributed by atoms with van der Waals surface area (Å²) in [5.41, 5.74) is 0. The van der Waals surface area contributed by atoms with Crippen molar-refractivity contribution in [3.63, 3.8) is 0 Å². The smallest absolute Gasteiger partial charge is 0.183 e. The number of hydrogen-bond acceptors (Lipinski definition) is 4. The molecular formula is C10H22N2O4. The van der Waals surface area contributed by atoms with E-state index in [-0.39, 0.29) is 0 Å². The van der Waals surface area contributed by atoms with Crippen molar-refractivity contribution in [2.45, 2.75) is 39.7 Å². The predicted molar refractivity (Wildman–Crippen MR) is 61.2 cm³/mol. The van der Waals surface area contributed by atoms with E-state index in [1.54, 1.807) is 0 Å². The molecule has 0 aromatic heterocycles. The van der Waals surface area contributed by atoms with Crippen LogP contribution >= 0.6 is 0 Å². The van der Waals surface area contributed by atoms with E-state index in [0.29, 0.717) is 0 Å². The molecule has 0 amide bonds. The number of likely N-dealkylation sites (tertiary alicyclic amines) is 1. The van der Waals surface area contributed by atoms with Crippen molar-refractivity contribution in [3.05, 3.63) is 15.3 Å². The van der Waals surface area contributed by atoms with E-state index in [1.165, 1.54) is 30.4 Å². The second-order valence-electron chi connectivity index (χ2n) is 4.31. The second kappa shape index (κ2) is 7.40. The highest BCUT2D eigenvalue weighted by Gasteiger charge is 2.34. The van der Waals surface area contributed by atoms with Crippen LogP contribution in [0, 0.1) is 15.3 Å². The third kappa shape index (κ3) is 5.27. The molecule has 1 aliphatic heterocycles. The van der Waals surface area contributed by atoms with Crippen molar-refractivity contribution in [1.29, 1.82) is 0 Å². The Kier molecular flexibility index (Phi) is 7.00. The lowest BCUT2D eigenvalue weighted by Gasteiger charge is -2.37. The zero-order chi connectivity index (χ0) is 12.6. The summed E-state index contributed by atoms with van der Waals surface area (Å²) in [5, 5.41) is 14.8. The summed E-state index contributed by atoms with van der Waals surface area (Å²) >= 11 is 0. The van der Waals surface area contributed by atoms with Gasteiger partial charge in [-0.25, -0.2) is 0 Å². The standard InChI is InChI=1S/C10H22NO.NO3/c1-4-12-9-11(10(2)3)7-5-6-8-11;2-1(3)4/h10H,4-9H2,1-3H3;/q+1;-1. The van der Waals surface area contributed by atoms with E-state index >= 15 is 0 Å². The molecule has 1 heterocycles. The Balaban J connectivity index is 0.000000487. The van der Waals surface area contributed by atoms with Crippen LogP contribution in [0.5, 0.6) is 0 Å². The molecule has 0 N–H and O–H groups in total. The van der Waals surface area contributed by atoms with Crippen LogP contribution in [-0.2, 0) is 4.74 Å². The van der Waals surface area contributed by atoms with Crippen LogP contribution in [-0.4, -0.2) is 42.0 Å². The fraction of sp³-hybridized carbons (Fsp3) is 1.00. The van der Waals surface area contributed by atoms with Gasteiger partial charge >= 0.3 is 0 Å². The van der Waals surface area contributed by atoms with E-state index in [9.17, 15) is 0 Å². The molecule has 96 valence electrons. The van der Waals surface area contributed by atoms with Gasteiger partial charge < -0.3 is 20.1 Å². The monoisotopic (exact) mass is 234 g/mol. The van der Waals surface area contributed by atoms with E-state index in [0.717, 1.165) is 19.4 Å². The molecule has 6 nitrogen and oxygen atoms in total. The minimum Gasteiger partial charge on any atom is -0.356 e. The number of ether oxygens (including phenoxy) is 1. The van der Waals surface area contributed by atoms with Crippen LogP contribution in [0.1, 0.15) is 33.6 Å². The summed E-state index contributed by atoms with van der Waals surface area (Å²) in [5.74, 6) is 0. The first-order chi connectivity index (χ1) is 7.44. The molecule has 1 aliphatic rings. The van der Waals surface area contributed by atoms with Gasteiger partial charge in [-0.05, 0) is 20.8 Å². The summed E-state index contributed by atoms with van der Waals surface area (Å²) in [6, 6.07) is 0.721. The highest BCUT2D eigenvalue weighted by Crippen LogP contribution is 2.23. The van der Waals surface area contributed by atoms with E-state index in [1.807, 2.05) is 0 Å². The maximum absolute atomic E-state index is 8.25. The Bertz CT molecular complexity index is 199. The highest BCUT2D eigenvalue weighted by molar-refractivity contribution is 4.55. The third-order valence-corrected chi connectivity index (χ3v) is 3.10. The van der Waals surface area contributed by atoms with Gasteiger partial charge in [-0.2, -0.15) is 0 Å². The maximum Gasteiger partial charge on any atom is 0.183 e. The van der Waals surface area contributed by atoms with E-state index in [2.05, 4.69) is 20.8 Å². The Morgan fingerprint density at radius 2 is 1.75 bits per heavy atom. The molecule has 0 aliphatic carbocycles. The van der Waals surface area contributed by atoms with E-state index < -0.39 is 5.09 Å². The lowest BCUT2D eigenvalue weighted by Crippen LogP contribution is -2.52. The quantitative estimate of drug-likeness (QED) is 0.422. The van der Waals surface area contributed by atoms with Gasteiger partial charge in [-0.3, -0.25) is 4.48 Å². The predicted octanol–water partition coefficient (Wildman–Crippen LogP) is 1.76. The minimum atomic E-state index is -1.75. The van der Waals surface area contributed by atoms with Gasteiger partial charge in [0.25, 0.3) is 0 Å². The van der Waals surface area contributed by atoms with Gasteiger partial charge in [-0.15, -0.1) is 0 Å². The molecule has 0 aromatic rings. The lowest BCUT2D eigenvalue weighted by atomic mass is 10.3. The molecule has 1 rings (SSSR count). The molecule has 1 saturated heterocycles. The molecule has 0 saturated carbocycles. The molecular weight excluding hydrogens is 212 g/mol.